The second-order valence-corrected chi connectivity index (χ2v) is 5.67. The summed E-state index contributed by atoms with van der Waals surface area (Å²) < 4.78 is 18.4. The van der Waals surface area contributed by atoms with Gasteiger partial charge in [0.1, 0.15) is 5.82 Å². The number of benzene rings is 1. The van der Waals surface area contributed by atoms with Gasteiger partial charge in [-0.05, 0) is 30.5 Å². The highest BCUT2D eigenvalue weighted by molar-refractivity contribution is 5.25. The molecule has 0 amide bonds. The van der Waals surface area contributed by atoms with Crippen molar-refractivity contribution in [3.63, 3.8) is 0 Å². The summed E-state index contributed by atoms with van der Waals surface area (Å²) in [5.74, 6) is 1.30. The van der Waals surface area contributed by atoms with E-state index in [0.717, 1.165) is 24.2 Å². The monoisotopic (exact) mass is 289 g/mol. The highest BCUT2D eigenvalue weighted by Crippen LogP contribution is 2.32. The van der Waals surface area contributed by atoms with Gasteiger partial charge in [-0.2, -0.15) is 4.98 Å². The Hall–Kier alpha value is -1.75. The molecule has 1 fully saturated rings. The molecule has 1 unspecified atom stereocenters. The third-order valence-corrected chi connectivity index (χ3v) is 4.23. The Labute approximate surface area is 123 Å². The van der Waals surface area contributed by atoms with Gasteiger partial charge in [0.05, 0.1) is 5.92 Å². The maximum absolute atomic E-state index is 13.0. The second kappa shape index (κ2) is 6.35. The predicted octanol–water partition coefficient (Wildman–Crippen LogP) is 3.35. The molecular weight excluding hydrogens is 269 g/mol. The number of halogens is 1. The van der Waals surface area contributed by atoms with E-state index in [9.17, 15) is 4.39 Å². The molecule has 0 spiro atoms. The number of hydrogen-bond donors (Lipinski definition) is 1. The fourth-order valence-electron chi connectivity index (χ4n) is 2.99. The van der Waals surface area contributed by atoms with Gasteiger partial charge in [0.15, 0.2) is 5.82 Å². The first kappa shape index (κ1) is 14.2. The molecule has 0 radical (unpaired) electrons. The molecule has 1 atom stereocenters. The topological polar surface area (TPSA) is 64.9 Å². The van der Waals surface area contributed by atoms with Crippen LogP contribution in [0.3, 0.4) is 0 Å². The first-order valence-corrected chi connectivity index (χ1v) is 7.57. The van der Waals surface area contributed by atoms with E-state index in [1.165, 1.54) is 31.4 Å². The molecule has 0 saturated heterocycles. The van der Waals surface area contributed by atoms with E-state index in [1.54, 1.807) is 12.1 Å². The van der Waals surface area contributed by atoms with Crippen LogP contribution in [0.25, 0.3) is 0 Å². The Morgan fingerprint density at radius 3 is 2.57 bits per heavy atom. The van der Waals surface area contributed by atoms with Crippen LogP contribution < -0.4 is 5.73 Å². The first-order valence-electron chi connectivity index (χ1n) is 7.57. The van der Waals surface area contributed by atoms with Crippen molar-refractivity contribution in [2.75, 3.05) is 6.54 Å². The van der Waals surface area contributed by atoms with Crippen molar-refractivity contribution in [3.8, 4) is 0 Å². The molecule has 4 nitrogen and oxygen atoms in total. The van der Waals surface area contributed by atoms with Crippen LogP contribution in [-0.2, 0) is 0 Å². The average Bonchev–Trinajstić information content (AvgIpc) is 3.00. The largest absolute Gasteiger partial charge is 0.339 e. The molecule has 0 aliphatic heterocycles. The van der Waals surface area contributed by atoms with Gasteiger partial charge in [0.2, 0.25) is 5.89 Å². The van der Waals surface area contributed by atoms with E-state index in [4.69, 9.17) is 10.3 Å². The summed E-state index contributed by atoms with van der Waals surface area (Å²) in [6.45, 7) is 0.359. The quantitative estimate of drug-likeness (QED) is 0.937. The Morgan fingerprint density at radius 2 is 1.90 bits per heavy atom. The summed E-state index contributed by atoms with van der Waals surface area (Å²) in [6, 6.07) is 6.29. The van der Waals surface area contributed by atoms with Gasteiger partial charge < -0.3 is 10.3 Å². The molecule has 21 heavy (non-hydrogen) atoms. The number of aromatic nitrogens is 2. The van der Waals surface area contributed by atoms with Gasteiger partial charge in [-0.3, -0.25) is 0 Å². The van der Waals surface area contributed by atoms with Crippen molar-refractivity contribution < 1.29 is 8.91 Å². The minimum absolute atomic E-state index is 0.171. The second-order valence-electron chi connectivity index (χ2n) is 5.67. The van der Waals surface area contributed by atoms with Crippen LogP contribution >= 0.6 is 0 Å². The molecule has 1 heterocycles. The molecule has 1 aliphatic carbocycles. The van der Waals surface area contributed by atoms with Crippen LogP contribution in [0.15, 0.2) is 28.8 Å². The summed E-state index contributed by atoms with van der Waals surface area (Å²) in [6.07, 6.45) is 6.01. The third kappa shape index (κ3) is 3.13. The number of rotatable bonds is 4. The Balaban J connectivity index is 1.81. The molecule has 112 valence electrons. The smallest absolute Gasteiger partial charge is 0.235 e. The maximum atomic E-state index is 13.0. The lowest BCUT2D eigenvalue weighted by Crippen LogP contribution is -2.14. The Bertz CT molecular complexity index is 575. The molecule has 1 aromatic carbocycles. The predicted molar refractivity (Wildman–Crippen MR) is 77.4 cm³/mol. The first-order chi connectivity index (χ1) is 10.3. The van der Waals surface area contributed by atoms with Crippen molar-refractivity contribution in [1.29, 1.82) is 0 Å². The molecular formula is C16H20FN3O. The summed E-state index contributed by atoms with van der Waals surface area (Å²) in [5, 5.41) is 4.14. The number of nitrogens with zero attached hydrogens (tertiary/aromatic N) is 2. The Morgan fingerprint density at radius 1 is 1.19 bits per heavy atom. The van der Waals surface area contributed by atoms with Crippen molar-refractivity contribution in [2.45, 2.75) is 43.9 Å². The lowest BCUT2D eigenvalue weighted by molar-refractivity contribution is 0.350. The van der Waals surface area contributed by atoms with Crippen LogP contribution in [0.5, 0.6) is 0 Å². The lowest BCUT2D eigenvalue weighted by Gasteiger charge is -2.17. The van der Waals surface area contributed by atoms with E-state index in [1.807, 2.05) is 0 Å². The van der Waals surface area contributed by atoms with Gasteiger partial charge in [-0.15, -0.1) is 0 Å². The molecule has 1 saturated carbocycles. The van der Waals surface area contributed by atoms with E-state index in [2.05, 4.69) is 10.1 Å². The zero-order valence-electron chi connectivity index (χ0n) is 12.0. The molecule has 1 aromatic heterocycles. The summed E-state index contributed by atoms with van der Waals surface area (Å²) in [5.41, 5.74) is 6.74. The molecule has 3 rings (SSSR count). The van der Waals surface area contributed by atoms with Crippen LogP contribution in [0, 0.1) is 5.82 Å². The van der Waals surface area contributed by atoms with Crippen LogP contribution in [0.1, 0.15) is 61.2 Å². The van der Waals surface area contributed by atoms with Gasteiger partial charge >= 0.3 is 0 Å². The fourth-order valence-corrected chi connectivity index (χ4v) is 2.99. The normalized spacial score (nSPS) is 17.8. The van der Waals surface area contributed by atoms with Crippen molar-refractivity contribution in [2.24, 2.45) is 5.73 Å². The fraction of sp³-hybridized carbons (Fsp3) is 0.500. The molecule has 1 aliphatic rings. The van der Waals surface area contributed by atoms with Gasteiger partial charge in [0, 0.05) is 12.5 Å². The van der Waals surface area contributed by atoms with Crippen molar-refractivity contribution in [3.05, 3.63) is 47.4 Å². The van der Waals surface area contributed by atoms with Gasteiger partial charge in [-0.1, -0.05) is 36.6 Å². The SMILES string of the molecule is NCC(c1ccc(F)cc1)c1nc(C2CCCCC2)no1. The van der Waals surface area contributed by atoms with Gasteiger partial charge in [-0.25, -0.2) is 4.39 Å². The van der Waals surface area contributed by atoms with Crippen molar-refractivity contribution in [1.82, 2.24) is 10.1 Å². The summed E-state index contributed by atoms with van der Waals surface area (Å²) in [7, 11) is 0. The third-order valence-electron chi connectivity index (χ3n) is 4.23. The number of hydrogen-bond acceptors (Lipinski definition) is 4. The van der Waals surface area contributed by atoms with E-state index < -0.39 is 0 Å². The summed E-state index contributed by atoms with van der Waals surface area (Å²) in [4.78, 5) is 4.55. The number of nitrogens with two attached hydrogens (primary N) is 1. The molecule has 0 bridgehead atoms. The van der Waals surface area contributed by atoms with E-state index >= 15 is 0 Å². The maximum Gasteiger partial charge on any atom is 0.235 e. The highest BCUT2D eigenvalue weighted by atomic mass is 19.1. The minimum atomic E-state index is -0.261. The molecule has 2 aromatic rings. The van der Waals surface area contributed by atoms with Crippen molar-refractivity contribution >= 4 is 0 Å². The minimum Gasteiger partial charge on any atom is -0.339 e. The van der Waals surface area contributed by atoms with E-state index in [0.29, 0.717) is 18.4 Å². The molecule has 5 heteroatoms. The zero-order valence-corrected chi connectivity index (χ0v) is 12.0. The van der Waals surface area contributed by atoms with Crippen LogP contribution in [0.2, 0.25) is 0 Å². The Kier molecular flexibility index (Phi) is 4.29. The zero-order chi connectivity index (χ0) is 14.7. The van der Waals surface area contributed by atoms with Crippen LogP contribution in [0.4, 0.5) is 4.39 Å². The van der Waals surface area contributed by atoms with E-state index in [-0.39, 0.29) is 11.7 Å². The standard InChI is InChI=1S/C16H20FN3O/c17-13-8-6-11(7-9-13)14(10-18)16-19-15(20-21-16)12-4-2-1-3-5-12/h6-9,12,14H,1-5,10,18H2. The van der Waals surface area contributed by atoms with Gasteiger partial charge in [0.25, 0.3) is 0 Å². The summed E-state index contributed by atoms with van der Waals surface area (Å²) >= 11 is 0. The van der Waals surface area contributed by atoms with Crippen LogP contribution in [-0.4, -0.2) is 16.7 Å². The highest BCUT2D eigenvalue weighted by Gasteiger charge is 2.24. The lowest BCUT2D eigenvalue weighted by atomic mass is 9.89. The molecule has 2 N–H and O–H groups in total. The average molecular weight is 289 g/mol.